The van der Waals surface area contributed by atoms with Gasteiger partial charge in [-0.25, -0.2) is 4.98 Å². The average Bonchev–Trinajstić information content (AvgIpc) is 3.02. The predicted molar refractivity (Wildman–Crippen MR) is 81.4 cm³/mol. The van der Waals surface area contributed by atoms with Crippen molar-refractivity contribution in [1.29, 1.82) is 0 Å². The van der Waals surface area contributed by atoms with E-state index in [1.807, 2.05) is 12.1 Å². The summed E-state index contributed by atoms with van der Waals surface area (Å²) in [4.78, 5) is 16.7. The Morgan fingerprint density at radius 3 is 2.57 bits per heavy atom. The van der Waals surface area contributed by atoms with E-state index in [2.05, 4.69) is 39.0 Å². The Bertz CT molecular complexity index is 722. The minimum absolute atomic E-state index is 0.168. The topological polar surface area (TPSA) is 56.5 Å². The summed E-state index contributed by atoms with van der Waals surface area (Å²) >= 11 is 6.00. The van der Waals surface area contributed by atoms with Crippen LogP contribution in [0.25, 0.3) is 17.3 Å². The summed E-state index contributed by atoms with van der Waals surface area (Å²) in [5.41, 5.74) is 2.22. The third-order valence-corrected chi connectivity index (χ3v) is 3.25. The maximum atomic E-state index is 6.00. The number of hydrogen-bond acceptors (Lipinski definition) is 4. The van der Waals surface area contributed by atoms with E-state index >= 15 is 0 Å². The van der Waals surface area contributed by atoms with Gasteiger partial charge in [0.25, 0.3) is 0 Å². The summed E-state index contributed by atoms with van der Waals surface area (Å²) in [5, 5.41) is 0.168. The highest BCUT2D eigenvalue weighted by molar-refractivity contribution is 6.28. The lowest BCUT2D eigenvalue weighted by Gasteiger charge is -2.05. The molecule has 3 rings (SSSR count). The fourth-order valence-electron chi connectivity index (χ4n) is 2.07. The molecule has 0 fully saturated rings. The molecule has 3 aromatic rings. The van der Waals surface area contributed by atoms with E-state index in [1.54, 1.807) is 23.3 Å². The average molecular weight is 300 g/mol. The first-order valence-corrected chi connectivity index (χ1v) is 7.13. The summed E-state index contributed by atoms with van der Waals surface area (Å²) in [5.74, 6) is 1.02. The van der Waals surface area contributed by atoms with Gasteiger partial charge >= 0.3 is 0 Å². The Labute approximate surface area is 127 Å². The van der Waals surface area contributed by atoms with Crippen molar-refractivity contribution in [3.05, 3.63) is 53.8 Å². The molecule has 21 heavy (non-hydrogen) atoms. The van der Waals surface area contributed by atoms with E-state index in [-0.39, 0.29) is 5.28 Å². The van der Waals surface area contributed by atoms with Crippen molar-refractivity contribution in [3.8, 4) is 17.3 Å². The highest BCUT2D eigenvalue weighted by atomic mass is 35.5. The molecule has 0 aliphatic heterocycles. The molecule has 1 aromatic carbocycles. The quantitative estimate of drug-likeness (QED) is 0.741. The molecule has 0 bridgehead atoms. The fraction of sp³-hybridized carbons (Fsp3) is 0.200. The van der Waals surface area contributed by atoms with Crippen LogP contribution in [0.5, 0.6) is 0 Å². The third-order valence-electron chi connectivity index (χ3n) is 3.08. The molecule has 0 aliphatic carbocycles. The van der Waals surface area contributed by atoms with Gasteiger partial charge in [-0.2, -0.15) is 15.0 Å². The first-order valence-electron chi connectivity index (χ1n) is 6.75. The Morgan fingerprint density at radius 2 is 1.90 bits per heavy atom. The Hall–Kier alpha value is -2.27. The first-order chi connectivity index (χ1) is 10.3. The second-order valence-corrected chi connectivity index (χ2v) is 4.98. The molecule has 6 heteroatoms. The normalized spacial score (nSPS) is 10.8. The smallest absolute Gasteiger partial charge is 0.239 e. The number of nitrogens with zero attached hydrogens (tertiary/aromatic N) is 5. The molecule has 0 atom stereocenters. The highest BCUT2D eigenvalue weighted by Gasteiger charge is 2.08. The summed E-state index contributed by atoms with van der Waals surface area (Å²) < 4.78 is 1.70. The van der Waals surface area contributed by atoms with Gasteiger partial charge in [-0.15, -0.1) is 0 Å². The second-order valence-electron chi connectivity index (χ2n) is 4.64. The standard InChI is InChI=1S/C15H14ClN5/c1-2-3-11-4-6-12(7-5-11)13-18-14(16)20-15(19-13)21-9-8-17-10-21/h4-10H,2-3H2,1H3. The number of aryl methyl sites for hydroxylation is 1. The molecule has 0 saturated carbocycles. The monoisotopic (exact) mass is 299 g/mol. The van der Waals surface area contributed by atoms with Gasteiger partial charge in [0.1, 0.15) is 6.33 Å². The van der Waals surface area contributed by atoms with Crippen LogP contribution in [-0.4, -0.2) is 24.5 Å². The molecule has 0 radical (unpaired) electrons. The van der Waals surface area contributed by atoms with Crippen LogP contribution in [0.15, 0.2) is 43.0 Å². The van der Waals surface area contributed by atoms with Gasteiger partial charge in [-0.3, -0.25) is 4.57 Å². The molecular formula is C15H14ClN5. The molecule has 5 nitrogen and oxygen atoms in total. The molecule has 0 unspecified atom stereocenters. The summed E-state index contributed by atoms with van der Waals surface area (Å²) in [6.07, 6.45) is 7.25. The first kappa shape index (κ1) is 13.7. The van der Waals surface area contributed by atoms with Gasteiger partial charge in [0.15, 0.2) is 5.82 Å². The predicted octanol–water partition coefficient (Wildman–Crippen LogP) is 3.33. The molecule has 106 valence electrons. The SMILES string of the molecule is CCCc1ccc(-c2nc(Cl)nc(-n3ccnc3)n2)cc1. The van der Waals surface area contributed by atoms with Crippen LogP contribution in [0.3, 0.4) is 0 Å². The van der Waals surface area contributed by atoms with Crippen LogP contribution in [0.2, 0.25) is 5.28 Å². The van der Waals surface area contributed by atoms with E-state index in [0.29, 0.717) is 11.8 Å². The van der Waals surface area contributed by atoms with Gasteiger partial charge in [0.2, 0.25) is 11.2 Å². The minimum atomic E-state index is 0.168. The van der Waals surface area contributed by atoms with Gasteiger partial charge in [0.05, 0.1) is 0 Å². The number of imidazole rings is 1. The van der Waals surface area contributed by atoms with Crippen LogP contribution >= 0.6 is 11.6 Å². The Kier molecular flexibility index (Phi) is 3.92. The van der Waals surface area contributed by atoms with Crippen LogP contribution in [0.1, 0.15) is 18.9 Å². The zero-order valence-electron chi connectivity index (χ0n) is 11.6. The minimum Gasteiger partial charge on any atom is -0.274 e. The van der Waals surface area contributed by atoms with E-state index in [9.17, 15) is 0 Å². The van der Waals surface area contributed by atoms with Crippen molar-refractivity contribution in [2.45, 2.75) is 19.8 Å². The van der Waals surface area contributed by atoms with E-state index in [1.165, 1.54) is 5.56 Å². The van der Waals surface area contributed by atoms with Crippen molar-refractivity contribution >= 4 is 11.6 Å². The third kappa shape index (κ3) is 3.08. The van der Waals surface area contributed by atoms with Crippen molar-refractivity contribution in [2.24, 2.45) is 0 Å². The van der Waals surface area contributed by atoms with Crippen LogP contribution in [0.4, 0.5) is 0 Å². The number of aromatic nitrogens is 5. The van der Waals surface area contributed by atoms with Crippen LogP contribution in [-0.2, 0) is 6.42 Å². The highest BCUT2D eigenvalue weighted by Crippen LogP contribution is 2.19. The molecule has 0 saturated heterocycles. The number of rotatable bonds is 4. The number of halogens is 1. The van der Waals surface area contributed by atoms with E-state index in [0.717, 1.165) is 18.4 Å². The van der Waals surface area contributed by atoms with Crippen LogP contribution in [0, 0.1) is 0 Å². The molecule has 0 aliphatic rings. The molecule has 2 heterocycles. The van der Waals surface area contributed by atoms with Crippen molar-refractivity contribution < 1.29 is 0 Å². The maximum Gasteiger partial charge on any atom is 0.239 e. The Balaban J connectivity index is 1.98. The second kappa shape index (κ2) is 6.01. The zero-order chi connectivity index (χ0) is 14.7. The summed E-state index contributed by atoms with van der Waals surface area (Å²) in [7, 11) is 0. The lowest BCUT2D eigenvalue weighted by Crippen LogP contribution is -2.03. The van der Waals surface area contributed by atoms with Crippen molar-refractivity contribution in [2.75, 3.05) is 0 Å². The molecular weight excluding hydrogens is 286 g/mol. The van der Waals surface area contributed by atoms with E-state index < -0.39 is 0 Å². The lowest BCUT2D eigenvalue weighted by atomic mass is 10.1. The zero-order valence-corrected chi connectivity index (χ0v) is 12.3. The van der Waals surface area contributed by atoms with Crippen molar-refractivity contribution in [1.82, 2.24) is 24.5 Å². The van der Waals surface area contributed by atoms with Gasteiger partial charge in [-0.1, -0.05) is 37.6 Å². The van der Waals surface area contributed by atoms with Crippen molar-refractivity contribution in [3.63, 3.8) is 0 Å². The van der Waals surface area contributed by atoms with E-state index in [4.69, 9.17) is 11.6 Å². The molecule has 0 amide bonds. The lowest BCUT2D eigenvalue weighted by molar-refractivity contribution is 0.898. The molecule has 0 spiro atoms. The summed E-state index contributed by atoms with van der Waals surface area (Å²) in [6, 6.07) is 8.20. The van der Waals surface area contributed by atoms with Crippen LogP contribution < -0.4 is 0 Å². The van der Waals surface area contributed by atoms with Gasteiger partial charge < -0.3 is 0 Å². The summed E-state index contributed by atoms with van der Waals surface area (Å²) in [6.45, 7) is 2.16. The molecule has 0 N–H and O–H groups in total. The number of benzene rings is 1. The van der Waals surface area contributed by atoms with Gasteiger partial charge in [0, 0.05) is 18.0 Å². The fourth-order valence-corrected chi connectivity index (χ4v) is 2.23. The maximum absolute atomic E-state index is 6.00. The Morgan fingerprint density at radius 1 is 1.10 bits per heavy atom. The number of hydrogen-bond donors (Lipinski definition) is 0. The largest absolute Gasteiger partial charge is 0.274 e. The molecule has 2 aromatic heterocycles. The van der Waals surface area contributed by atoms with Gasteiger partial charge in [-0.05, 0) is 23.6 Å².